The van der Waals surface area contributed by atoms with Crippen LogP contribution in [0.4, 0.5) is 4.79 Å². The third-order valence-electron chi connectivity index (χ3n) is 1.13. The highest BCUT2D eigenvalue weighted by Crippen LogP contribution is 1.94. The number of carbonyl (C=O) groups is 2. The van der Waals surface area contributed by atoms with Crippen LogP contribution in [0, 0.1) is 0 Å². The van der Waals surface area contributed by atoms with Gasteiger partial charge in [-0.1, -0.05) is 6.58 Å². The smallest absolute Gasteiger partial charge is 0.462 e. The molecule has 0 spiro atoms. The SMILES string of the molecule is C=C(C)C(=O)OCCC=COC(=O)O. The fourth-order valence-electron chi connectivity index (χ4n) is 0.517. The summed E-state index contributed by atoms with van der Waals surface area (Å²) in [4.78, 5) is 20.7. The van der Waals surface area contributed by atoms with Gasteiger partial charge in [-0.2, -0.15) is 0 Å². The van der Waals surface area contributed by atoms with Crippen LogP contribution in [0.25, 0.3) is 0 Å². The molecule has 0 aliphatic rings. The molecule has 0 aromatic carbocycles. The van der Waals surface area contributed by atoms with E-state index in [0.717, 1.165) is 6.26 Å². The average molecular weight is 200 g/mol. The van der Waals surface area contributed by atoms with E-state index in [9.17, 15) is 9.59 Å². The van der Waals surface area contributed by atoms with Crippen molar-refractivity contribution >= 4 is 12.1 Å². The fourth-order valence-corrected chi connectivity index (χ4v) is 0.517. The van der Waals surface area contributed by atoms with E-state index in [-0.39, 0.29) is 6.61 Å². The van der Waals surface area contributed by atoms with Crippen molar-refractivity contribution in [2.24, 2.45) is 0 Å². The maximum Gasteiger partial charge on any atom is 0.510 e. The fraction of sp³-hybridized carbons (Fsp3) is 0.333. The summed E-state index contributed by atoms with van der Waals surface area (Å²) in [6, 6.07) is 0. The molecule has 5 heteroatoms. The molecule has 0 aromatic rings. The van der Waals surface area contributed by atoms with E-state index < -0.39 is 12.1 Å². The zero-order valence-electron chi connectivity index (χ0n) is 7.86. The molecule has 0 saturated carbocycles. The molecule has 0 aliphatic carbocycles. The summed E-state index contributed by atoms with van der Waals surface area (Å²) in [7, 11) is 0. The topological polar surface area (TPSA) is 72.8 Å². The molecule has 0 heterocycles. The molecule has 0 saturated heterocycles. The molecular weight excluding hydrogens is 188 g/mol. The molecule has 0 radical (unpaired) electrons. The number of rotatable bonds is 5. The highest BCUT2D eigenvalue weighted by molar-refractivity contribution is 5.86. The third kappa shape index (κ3) is 6.90. The van der Waals surface area contributed by atoms with Crippen molar-refractivity contribution in [2.45, 2.75) is 13.3 Å². The first-order valence-corrected chi connectivity index (χ1v) is 3.91. The maximum atomic E-state index is 10.8. The Balaban J connectivity index is 3.47. The first kappa shape index (κ1) is 12.2. The van der Waals surface area contributed by atoms with Gasteiger partial charge in [0.2, 0.25) is 0 Å². The van der Waals surface area contributed by atoms with Crippen LogP contribution in [0.3, 0.4) is 0 Å². The molecule has 0 atom stereocenters. The number of esters is 1. The number of hydrogen-bond donors (Lipinski definition) is 1. The number of hydrogen-bond acceptors (Lipinski definition) is 4. The summed E-state index contributed by atoms with van der Waals surface area (Å²) in [5.74, 6) is -0.461. The van der Waals surface area contributed by atoms with Crippen LogP contribution in [-0.4, -0.2) is 23.8 Å². The average Bonchev–Trinajstić information content (AvgIpc) is 2.09. The second kappa shape index (κ2) is 6.71. The van der Waals surface area contributed by atoms with Crippen LogP contribution in [0.1, 0.15) is 13.3 Å². The summed E-state index contributed by atoms with van der Waals surface area (Å²) in [6.07, 6.45) is 1.49. The second-order valence-corrected chi connectivity index (χ2v) is 2.46. The zero-order valence-corrected chi connectivity index (χ0v) is 7.86. The highest BCUT2D eigenvalue weighted by atomic mass is 16.7. The van der Waals surface area contributed by atoms with Gasteiger partial charge >= 0.3 is 12.1 Å². The Morgan fingerprint density at radius 2 is 2.14 bits per heavy atom. The van der Waals surface area contributed by atoms with Crippen molar-refractivity contribution < 1.29 is 24.2 Å². The van der Waals surface area contributed by atoms with Gasteiger partial charge < -0.3 is 14.6 Å². The molecule has 0 unspecified atom stereocenters. The van der Waals surface area contributed by atoms with Crippen LogP contribution in [0.15, 0.2) is 24.5 Å². The lowest BCUT2D eigenvalue weighted by Crippen LogP contribution is -2.05. The highest BCUT2D eigenvalue weighted by Gasteiger charge is 2.00. The standard InChI is InChI=1S/C9H12O5/c1-7(2)8(10)13-5-3-4-6-14-9(11)12/h4,6H,1,3,5H2,2H3,(H,11,12). The van der Waals surface area contributed by atoms with E-state index >= 15 is 0 Å². The van der Waals surface area contributed by atoms with E-state index in [1.807, 2.05) is 0 Å². The van der Waals surface area contributed by atoms with Gasteiger partial charge in [0.15, 0.2) is 0 Å². The van der Waals surface area contributed by atoms with Crippen LogP contribution in [-0.2, 0) is 14.3 Å². The Bertz CT molecular complexity index is 254. The Morgan fingerprint density at radius 1 is 1.50 bits per heavy atom. The zero-order chi connectivity index (χ0) is 11.0. The predicted molar refractivity (Wildman–Crippen MR) is 48.6 cm³/mol. The van der Waals surface area contributed by atoms with Crippen molar-refractivity contribution in [3.05, 3.63) is 24.5 Å². The van der Waals surface area contributed by atoms with Crippen molar-refractivity contribution in [3.8, 4) is 0 Å². The minimum atomic E-state index is -1.37. The molecule has 14 heavy (non-hydrogen) atoms. The minimum absolute atomic E-state index is 0.172. The molecule has 0 bridgehead atoms. The van der Waals surface area contributed by atoms with Gasteiger partial charge in [0.05, 0.1) is 12.9 Å². The number of ether oxygens (including phenoxy) is 2. The Morgan fingerprint density at radius 3 is 2.64 bits per heavy atom. The Hall–Kier alpha value is -1.78. The van der Waals surface area contributed by atoms with Crippen LogP contribution >= 0.6 is 0 Å². The Kier molecular flexibility index (Phi) is 5.85. The molecule has 0 rings (SSSR count). The van der Waals surface area contributed by atoms with E-state index in [0.29, 0.717) is 12.0 Å². The molecule has 0 amide bonds. The molecule has 0 aliphatic heterocycles. The summed E-state index contributed by atoms with van der Waals surface area (Å²) in [5.41, 5.74) is 0.329. The normalized spacial score (nSPS) is 9.79. The van der Waals surface area contributed by atoms with E-state index in [2.05, 4.69) is 11.3 Å². The summed E-state index contributed by atoms with van der Waals surface area (Å²) in [6.45, 7) is 5.12. The van der Waals surface area contributed by atoms with Gasteiger partial charge in [0.1, 0.15) is 0 Å². The van der Waals surface area contributed by atoms with E-state index in [4.69, 9.17) is 9.84 Å². The predicted octanol–water partition coefficient (Wildman–Crippen LogP) is 1.70. The summed E-state index contributed by atoms with van der Waals surface area (Å²) >= 11 is 0. The van der Waals surface area contributed by atoms with Gasteiger partial charge in [-0.15, -0.1) is 0 Å². The van der Waals surface area contributed by atoms with Crippen LogP contribution < -0.4 is 0 Å². The lowest BCUT2D eigenvalue weighted by atomic mass is 10.3. The minimum Gasteiger partial charge on any atom is -0.462 e. The largest absolute Gasteiger partial charge is 0.510 e. The van der Waals surface area contributed by atoms with E-state index in [1.165, 1.54) is 6.08 Å². The van der Waals surface area contributed by atoms with Gasteiger partial charge in [-0.3, -0.25) is 0 Å². The van der Waals surface area contributed by atoms with Crippen LogP contribution in [0.5, 0.6) is 0 Å². The third-order valence-corrected chi connectivity index (χ3v) is 1.13. The van der Waals surface area contributed by atoms with E-state index in [1.54, 1.807) is 6.92 Å². The van der Waals surface area contributed by atoms with Gasteiger partial charge in [0.25, 0.3) is 0 Å². The number of carbonyl (C=O) groups excluding carboxylic acids is 1. The first-order chi connectivity index (χ1) is 6.54. The molecular formula is C9H12O5. The van der Waals surface area contributed by atoms with Gasteiger partial charge in [-0.05, 0) is 13.0 Å². The lowest BCUT2D eigenvalue weighted by Gasteiger charge is -2.00. The first-order valence-electron chi connectivity index (χ1n) is 3.91. The second-order valence-electron chi connectivity index (χ2n) is 2.46. The molecule has 0 aromatic heterocycles. The molecule has 0 fully saturated rings. The van der Waals surface area contributed by atoms with Crippen molar-refractivity contribution in [3.63, 3.8) is 0 Å². The monoisotopic (exact) mass is 200 g/mol. The molecule has 78 valence electrons. The lowest BCUT2D eigenvalue weighted by molar-refractivity contribution is -0.138. The molecule has 5 nitrogen and oxygen atoms in total. The van der Waals surface area contributed by atoms with Crippen molar-refractivity contribution in [1.29, 1.82) is 0 Å². The quantitative estimate of drug-likeness (QED) is 0.316. The maximum absolute atomic E-state index is 10.8. The van der Waals surface area contributed by atoms with Crippen LogP contribution in [0.2, 0.25) is 0 Å². The number of carboxylic acid groups (broad SMARTS) is 1. The summed E-state index contributed by atoms with van der Waals surface area (Å²) in [5, 5.41) is 8.06. The van der Waals surface area contributed by atoms with Crippen molar-refractivity contribution in [1.82, 2.24) is 0 Å². The van der Waals surface area contributed by atoms with Gasteiger partial charge in [-0.25, -0.2) is 9.59 Å². The Labute approximate surface area is 81.6 Å². The molecule has 1 N–H and O–H groups in total. The van der Waals surface area contributed by atoms with Crippen molar-refractivity contribution in [2.75, 3.05) is 6.61 Å². The van der Waals surface area contributed by atoms with Gasteiger partial charge in [0, 0.05) is 12.0 Å². The summed E-state index contributed by atoms with van der Waals surface area (Å²) < 4.78 is 8.79.